The standard InChI is InChI=1S/C21H26N6O2/c1-22-21(28)23-14-5-3-13(4-6-14)19-24-18-12-26(2)11-17(18)20(25-19)27-9-15-7-8-16(10-27)29-15/h3-6,15-16H,7-12H2,1-2H3,(H2,22,23,28). The number of morpholine rings is 1. The van der Waals surface area contributed by atoms with Crippen LogP contribution in [0.1, 0.15) is 24.1 Å². The van der Waals surface area contributed by atoms with Crippen LogP contribution >= 0.6 is 0 Å². The number of nitrogens with one attached hydrogen (secondary N) is 2. The van der Waals surface area contributed by atoms with E-state index in [2.05, 4.69) is 27.5 Å². The van der Waals surface area contributed by atoms with Crippen molar-refractivity contribution in [3.05, 3.63) is 35.5 Å². The summed E-state index contributed by atoms with van der Waals surface area (Å²) in [5.74, 6) is 1.79. The van der Waals surface area contributed by atoms with E-state index in [0.29, 0.717) is 12.2 Å². The summed E-state index contributed by atoms with van der Waals surface area (Å²) in [5.41, 5.74) is 4.04. The maximum Gasteiger partial charge on any atom is 0.318 e. The van der Waals surface area contributed by atoms with Crippen LogP contribution in [0.15, 0.2) is 24.3 Å². The third-order valence-corrected chi connectivity index (χ3v) is 5.89. The SMILES string of the molecule is CNC(=O)Nc1ccc(-c2nc3c(c(N4CC5CCC(C4)O5)n2)CN(C)C3)cc1. The van der Waals surface area contributed by atoms with Crippen LogP contribution in [0.2, 0.25) is 0 Å². The number of hydrogen-bond acceptors (Lipinski definition) is 6. The molecule has 1 aromatic heterocycles. The monoisotopic (exact) mass is 394 g/mol. The fourth-order valence-electron chi connectivity index (χ4n) is 4.47. The summed E-state index contributed by atoms with van der Waals surface area (Å²) in [6.07, 6.45) is 2.91. The highest BCUT2D eigenvalue weighted by Crippen LogP contribution is 2.35. The molecule has 2 bridgehead atoms. The second-order valence-electron chi connectivity index (χ2n) is 8.11. The Morgan fingerprint density at radius 1 is 1.10 bits per heavy atom. The second-order valence-corrected chi connectivity index (χ2v) is 8.11. The summed E-state index contributed by atoms with van der Waals surface area (Å²) in [5, 5.41) is 5.33. The molecule has 29 heavy (non-hydrogen) atoms. The Morgan fingerprint density at radius 3 is 2.52 bits per heavy atom. The fraction of sp³-hybridized carbons (Fsp3) is 0.476. The van der Waals surface area contributed by atoms with E-state index in [9.17, 15) is 4.79 Å². The van der Waals surface area contributed by atoms with Crippen LogP contribution in [0.3, 0.4) is 0 Å². The summed E-state index contributed by atoms with van der Waals surface area (Å²) < 4.78 is 6.02. The van der Waals surface area contributed by atoms with E-state index in [-0.39, 0.29) is 6.03 Å². The molecule has 2 saturated heterocycles. The first-order valence-electron chi connectivity index (χ1n) is 10.2. The van der Waals surface area contributed by atoms with E-state index in [4.69, 9.17) is 14.7 Å². The molecule has 2 atom stereocenters. The molecule has 3 aliphatic heterocycles. The van der Waals surface area contributed by atoms with Crippen molar-refractivity contribution in [2.24, 2.45) is 0 Å². The zero-order valence-corrected chi connectivity index (χ0v) is 16.8. The zero-order valence-electron chi connectivity index (χ0n) is 16.8. The van der Waals surface area contributed by atoms with Crippen LogP contribution in [0, 0.1) is 0 Å². The van der Waals surface area contributed by atoms with Gasteiger partial charge < -0.3 is 20.3 Å². The largest absolute Gasteiger partial charge is 0.371 e. The van der Waals surface area contributed by atoms with Crippen LogP contribution in [-0.4, -0.2) is 60.3 Å². The quantitative estimate of drug-likeness (QED) is 0.831. The molecule has 4 heterocycles. The smallest absolute Gasteiger partial charge is 0.318 e. The minimum Gasteiger partial charge on any atom is -0.371 e. The second kappa shape index (κ2) is 7.27. The third-order valence-electron chi connectivity index (χ3n) is 5.89. The van der Waals surface area contributed by atoms with Crippen molar-refractivity contribution >= 4 is 17.5 Å². The van der Waals surface area contributed by atoms with Gasteiger partial charge in [-0.3, -0.25) is 4.90 Å². The predicted molar refractivity (Wildman–Crippen MR) is 111 cm³/mol. The zero-order chi connectivity index (χ0) is 20.0. The molecule has 0 aliphatic carbocycles. The van der Waals surface area contributed by atoms with Gasteiger partial charge in [0.25, 0.3) is 0 Å². The van der Waals surface area contributed by atoms with Crippen molar-refractivity contribution in [1.29, 1.82) is 0 Å². The van der Waals surface area contributed by atoms with Crippen molar-refractivity contribution in [2.75, 3.05) is 37.4 Å². The molecule has 3 aliphatic rings. The highest BCUT2D eigenvalue weighted by molar-refractivity contribution is 5.89. The van der Waals surface area contributed by atoms with Crippen LogP contribution in [0.5, 0.6) is 0 Å². The average Bonchev–Trinajstić information content (AvgIpc) is 3.27. The Kier molecular flexibility index (Phi) is 4.60. The van der Waals surface area contributed by atoms with E-state index in [1.165, 1.54) is 5.56 Å². The minimum absolute atomic E-state index is 0.237. The van der Waals surface area contributed by atoms with Gasteiger partial charge in [-0.1, -0.05) is 0 Å². The van der Waals surface area contributed by atoms with Crippen molar-refractivity contribution in [3.8, 4) is 11.4 Å². The summed E-state index contributed by atoms with van der Waals surface area (Å²) in [4.78, 5) is 26.1. The van der Waals surface area contributed by atoms with Crippen molar-refractivity contribution < 1.29 is 9.53 Å². The molecule has 0 spiro atoms. The number of ether oxygens (including phenoxy) is 1. The number of rotatable bonds is 3. The molecule has 152 valence electrons. The first kappa shape index (κ1) is 18.3. The summed E-state index contributed by atoms with van der Waals surface area (Å²) in [6.45, 7) is 3.52. The van der Waals surface area contributed by atoms with Crippen LogP contribution in [0.25, 0.3) is 11.4 Å². The Balaban J connectivity index is 1.48. The first-order chi connectivity index (χ1) is 14.1. The Bertz CT molecular complexity index is 920. The van der Waals surface area contributed by atoms with Gasteiger partial charge in [0.05, 0.1) is 17.9 Å². The molecular formula is C21H26N6O2. The molecule has 2 aromatic rings. The molecule has 1 aromatic carbocycles. The Labute approximate surface area is 170 Å². The number of anilines is 2. The lowest BCUT2D eigenvalue weighted by Crippen LogP contribution is -2.43. The third kappa shape index (κ3) is 3.54. The van der Waals surface area contributed by atoms with Gasteiger partial charge in [-0.2, -0.15) is 0 Å². The fourth-order valence-corrected chi connectivity index (χ4v) is 4.47. The van der Waals surface area contributed by atoms with Crippen LogP contribution in [-0.2, 0) is 17.8 Å². The molecule has 2 N–H and O–H groups in total. The number of carbonyl (C=O) groups excluding carboxylic acids is 1. The lowest BCUT2D eigenvalue weighted by atomic mass is 10.1. The van der Waals surface area contributed by atoms with Gasteiger partial charge in [-0.25, -0.2) is 14.8 Å². The maximum absolute atomic E-state index is 11.5. The number of fused-ring (bicyclic) bond motifs is 3. The molecule has 2 unspecified atom stereocenters. The van der Waals surface area contributed by atoms with Gasteiger partial charge in [0.2, 0.25) is 0 Å². The van der Waals surface area contributed by atoms with Crippen molar-refractivity contribution in [3.63, 3.8) is 0 Å². The molecule has 8 nitrogen and oxygen atoms in total. The molecule has 0 radical (unpaired) electrons. The highest BCUT2D eigenvalue weighted by Gasteiger charge is 2.36. The normalized spacial score (nSPS) is 23.2. The number of benzene rings is 1. The van der Waals surface area contributed by atoms with Gasteiger partial charge in [0.15, 0.2) is 5.82 Å². The first-order valence-corrected chi connectivity index (χ1v) is 10.2. The van der Waals surface area contributed by atoms with Crippen LogP contribution < -0.4 is 15.5 Å². The van der Waals surface area contributed by atoms with E-state index in [1.54, 1.807) is 7.05 Å². The molecular weight excluding hydrogens is 368 g/mol. The summed E-state index contributed by atoms with van der Waals surface area (Å²) >= 11 is 0. The Morgan fingerprint density at radius 2 is 1.83 bits per heavy atom. The number of nitrogens with zero attached hydrogens (tertiary/aromatic N) is 4. The van der Waals surface area contributed by atoms with Gasteiger partial charge >= 0.3 is 6.03 Å². The molecule has 5 rings (SSSR count). The maximum atomic E-state index is 11.5. The molecule has 2 fully saturated rings. The molecule has 8 heteroatoms. The van der Waals surface area contributed by atoms with E-state index >= 15 is 0 Å². The average molecular weight is 394 g/mol. The number of hydrogen-bond donors (Lipinski definition) is 2. The Hall–Kier alpha value is -2.71. The van der Waals surface area contributed by atoms with E-state index < -0.39 is 0 Å². The number of carbonyl (C=O) groups is 1. The van der Waals surface area contributed by atoms with Gasteiger partial charge in [-0.15, -0.1) is 0 Å². The lowest BCUT2D eigenvalue weighted by Gasteiger charge is -2.34. The number of urea groups is 1. The lowest BCUT2D eigenvalue weighted by molar-refractivity contribution is 0.0301. The van der Waals surface area contributed by atoms with Gasteiger partial charge in [0.1, 0.15) is 5.82 Å². The summed E-state index contributed by atoms with van der Waals surface area (Å²) in [6, 6.07) is 7.43. The van der Waals surface area contributed by atoms with E-state index in [1.807, 2.05) is 24.3 Å². The van der Waals surface area contributed by atoms with Crippen molar-refractivity contribution in [2.45, 2.75) is 38.1 Å². The summed E-state index contributed by atoms with van der Waals surface area (Å²) in [7, 11) is 3.71. The van der Waals surface area contributed by atoms with Gasteiger partial charge in [0, 0.05) is 50.0 Å². The number of aromatic nitrogens is 2. The van der Waals surface area contributed by atoms with E-state index in [0.717, 1.165) is 67.6 Å². The minimum atomic E-state index is -0.237. The highest BCUT2D eigenvalue weighted by atomic mass is 16.5. The molecule has 0 saturated carbocycles. The van der Waals surface area contributed by atoms with Crippen LogP contribution in [0.4, 0.5) is 16.3 Å². The molecule has 2 amide bonds. The number of amides is 2. The van der Waals surface area contributed by atoms with Gasteiger partial charge in [-0.05, 0) is 44.2 Å². The van der Waals surface area contributed by atoms with Crippen molar-refractivity contribution in [1.82, 2.24) is 20.2 Å². The topological polar surface area (TPSA) is 82.6 Å². The predicted octanol–water partition coefficient (Wildman–Crippen LogP) is 2.21.